The summed E-state index contributed by atoms with van der Waals surface area (Å²) in [6.45, 7) is 3.29. The van der Waals surface area contributed by atoms with Gasteiger partial charge in [0.1, 0.15) is 0 Å². The van der Waals surface area contributed by atoms with Crippen LogP contribution in [0, 0.1) is 17.2 Å². The third-order valence-corrected chi connectivity index (χ3v) is 1.53. The minimum atomic E-state index is -0.139. The minimum absolute atomic E-state index is 0.139. The van der Waals surface area contributed by atoms with Crippen LogP contribution in [0.1, 0.15) is 13.3 Å². The SMILES string of the molecule is CC(CC#N)C1OCCO1. The smallest absolute Gasteiger partial charge is 0.161 e. The fourth-order valence-corrected chi connectivity index (χ4v) is 0.945. The lowest BCUT2D eigenvalue weighted by Crippen LogP contribution is -2.17. The van der Waals surface area contributed by atoms with E-state index in [1.807, 2.05) is 6.92 Å². The molecule has 0 N–H and O–H groups in total. The Morgan fingerprint density at radius 2 is 2.20 bits per heavy atom. The van der Waals surface area contributed by atoms with Gasteiger partial charge in [0.25, 0.3) is 0 Å². The fourth-order valence-electron chi connectivity index (χ4n) is 0.945. The van der Waals surface area contributed by atoms with E-state index in [9.17, 15) is 0 Å². The van der Waals surface area contributed by atoms with E-state index in [0.717, 1.165) is 0 Å². The van der Waals surface area contributed by atoms with Crippen molar-refractivity contribution in [2.45, 2.75) is 19.6 Å². The lowest BCUT2D eigenvalue weighted by molar-refractivity contribution is -0.0769. The second kappa shape index (κ2) is 3.55. The van der Waals surface area contributed by atoms with Gasteiger partial charge in [-0.2, -0.15) is 5.26 Å². The molecule has 1 fully saturated rings. The first-order chi connectivity index (χ1) is 4.84. The zero-order valence-corrected chi connectivity index (χ0v) is 6.04. The summed E-state index contributed by atoms with van der Waals surface area (Å²) in [5.74, 6) is 0.201. The highest BCUT2D eigenvalue weighted by atomic mass is 16.7. The second-order valence-corrected chi connectivity index (χ2v) is 2.45. The molecule has 0 saturated carbocycles. The number of hydrogen-bond acceptors (Lipinski definition) is 3. The van der Waals surface area contributed by atoms with Crippen LogP contribution < -0.4 is 0 Å². The molecule has 0 amide bonds. The Morgan fingerprint density at radius 3 is 2.70 bits per heavy atom. The molecular formula is C7H11NO2. The molecular weight excluding hydrogens is 130 g/mol. The molecule has 0 bridgehead atoms. The Morgan fingerprint density at radius 1 is 1.60 bits per heavy atom. The quantitative estimate of drug-likeness (QED) is 0.574. The molecule has 0 aliphatic carbocycles. The molecule has 3 heteroatoms. The van der Waals surface area contributed by atoms with Gasteiger partial charge in [-0.1, -0.05) is 6.92 Å². The molecule has 1 aliphatic heterocycles. The molecule has 0 radical (unpaired) electrons. The summed E-state index contributed by atoms with van der Waals surface area (Å²) in [4.78, 5) is 0. The van der Waals surface area contributed by atoms with Gasteiger partial charge < -0.3 is 9.47 Å². The number of hydrogen-bond donors (Lipinski definition) is 0. The van der Waals surface area contributed by atoms with E-state index in [2.05, 4.69) is 6.07 Å². The van der Waals surface area contributed by atoms with Crippen molar-refractivity contribution in [3.63, 3.8) is 0 Å². The van der Waals surface area contributed by atoms with Crippen molar-refractivity contribution in [3.8, 4) is 6.07 Å². The largest absolute Gasteiger partial charge is 0.350 e. The summed E-state index contributed by atoms with van der Waals surface area (Å²) in [5.41, 5.74) is 0. The van der Waals surface area contributed by atoms with Crippen LogP contribution >= 0.6 is 0 Å². The summed E-state index contributed by atoms with van der Waals surface area (Å²) in [5, 5.41) is 8.34. The molecule has 1 atom stereocenters. The molecule has 0 aromatic carbocycles. The monoisotopic (exact) mass is 141 g/mol. The topological polar surface area (TPSA) is 42.2 Å². The maximum absolute atomic E-state index is 8.34. The van der Waals surface area contributed by atoms with Gasteiger partial charge in [-0.05, 0) is 0 Å². The Balaban J connectivity index is 2.26. The lowest BCUT2D eigenvalue weighted by atomic mass is 10.1. The highest BCUT2D eigenvalue weighted by molar-refractivity contribution is 4.76. The van der Waals surface area contributed by atoms with Crippen molar-refractivity contribution in [1.82, 2.24) is 0 Å². The zero-order valence-electron chi connectivity index (χ0n) is 6.04. The first-order valence-electron chi connectivity index (χ1n) is 3.44. The van der Waals surface area contributed by atoms with E-state index in [0.29, 0.717) is 19.6 Å². The van der Waals surface area contributed by atoms with Gasteiger partial charge in [0.15, 0.2) is 6.29 Å². The van der Waals surface area contributed by atoms with Gasteiger partial charge in [-0.25, -0.2) is 0 Å². The molecule has 1 rings (SSSR count). The number of ether oxygens (including phenoxy) is 2. The number of nitrogens with zero attached hydrogens (tertiary/aromatic N) is 1. The average molecular weight is 141 g/mol. The zero-order chi connectivity index (χ0) is 7.40. The maximum atomic E-state index is 8.34. The summed E-state index contributed by atoms with van der Waals surface area (Å²) in [6, 6.07) is 2.08. The van der Waals surface area contributed by atoms with Crippen molar-refractivity contribution in [3.05, 3.63) is 0 Å². The maximum Gasteiger partial charge on any atom is 0.161 e. The summed E-state index contributed by atoms with van der Waals surface area (Å²) in [7, 11) is 0. The molecule has 1 unspecified atom stereocenters. The van der Waals surface area contributed by atoms with Crippen molar-refractivity contribution in [1.29, 1.82) is 5.26 Å². The van der Waals surface area contributed by atoms with Gasteiger partial charge in [-0.15, -0.1) is 0 Å². The van der Waals surface area contributed by atoms with Crippen LogP contribution in [-0.2, 0) is 9.47 Å². The highest BCUT2D eigenvalue weighted by Crippen LogP contribution is 2.16. The lowest BCUT2D eigenvalue weighted by Gasteiger charge is -2.13. The third kappa shape index (κ3) is 1.69. The van der Waals surface area contributed by atoms with Crippen LogP contribution in [0.15, 0.2) is 0 Å². The molecule has 10 heavy (non-hydrogen) atoms. The van der Waals surface area contributed by atoms with Gasteiger partial charge in [0.05, 0.1) is 19.3 Å². The van der Waals surface area contributed by atoms with E-state index < -0.39 is 0 Å². The molecule has 0 aromatic rings. The first-order valence-corrected chi connectivity index (χ1v) is 3.44. The van der Waals surface area contributed by atoms with Gasteiger partial charge in [0, 0.05) is 12.3 Å². The van der Waals surface area contributed by atoms with Crippen molar-refractivity contribution in [2.75, 3.05) is 13.2 Å². The van der Waals surface area contributed by atoms with Crippen molar-refractivity contribution in [2.24, 2.45) is 5.92 Å². The third-order valence-electron chi connectivity index (χ3n) is 1.53. The van der Waals surface area contributed by atoms with Crippen LogP contribution in [0.2, 0.25) is 0 Å². The Bertz CT molecular complexity index is 135. The predicted octanol–water partition coefficient (Wildman–Crippen LogP) is 0.909. The summed E-state index contributed by atoms with van der Waals surface area (Å²) in [6.07, 6.45) is 0.365. The van der Waals surface area contributed by atoms with Gasteiger partial charge in [0.2, 0.25) is 0 Å². The van der Waals surface area contributed by atoms with Gasteiger partial charge >= 0.3 is 0 Å². The standard InChI is InChI=1S/C7H11NO2/c1-6(2-3-8)7-9-4-5-10-7/h6-7H,2,4-5H2,1H3. The van der Waals surface area contributed by atoms with E-state index in [1.54, 1.807) is 0 Å². The van der Waals surface area contributed by atoms with E-state index in [1.165, 1.54) is 0 Å². The van der Waals surface area contributed by atoms with E-state index in [4.69, 9.17) is 14.7 Å². The Hall–Kier alpha value is -0.590. The molecule has 3 nitrogen and oxygen atoms in total. The van der Waals surface area contributed by atoms with E-state index >= 15 is 0 Å². The number of rotatable bonds is 2. The first kappa shape index (κ1) is 7.52. The van der Waals surface area contributed by atoms with Crippen LogP contribution in [0.3, 0.4) is 0 Å². The molecule has 56 valence electrons. The van der Waals surface area contributed by atoms with Gasteiger partial charge in [-0.3, -0.25) is 0 Å². The molecule has 1 saturated heterocycles. The van der Waals surface area contributed by atoms with Crippen LogP contribution in [0.4, 0.5) is 0 Å². The Labute approximate surface area is 60.5 Å². The van der Waals surface area contributed by atoms with Crippen LogP contribution in [0.25, 0.3) is 0 Å². The molecule has 0 spiro atoms. The molecule has 1 aliphatic rings. The molecule has 0 aromatic heterocycles. The summed E-state index contributed by atoms with van der Waals surface area (Å²) >= 11 is 0. The van der Waals surface area contributed by atoms with Crippen molar-refractivity contribution >= 4 is 0 Å². The average Bonchev–Trinajstić information content (AvgIpc) is 2.38. The molecule has 1 heterocycles. The van der Waals surface area contributed by atoms with E-state index in [-0.39, 0.29) is 12.2 Å². The van der Waals surface area contributed by atoms with Crippen LogP contribution in [0.5, 0.6) is 0 Å². The fraction of sp³-hybridized carbons (Fsp3) is 0.857. The predicted molar refractivity (Wildman–Crippen MR) is 35.1 cm³/mol. The van der Waals surface area contributed by atoms with Crippen LogP contribution in [-0.4, -0.2) is 19.5 Å². The Kier molecular flexibility index (Phi) is 2.67. The second-order valence-electron chi connectivity index (χ2n) is 2.45. The van der Waals surface area contributed by atoms with Crippen molar-refractivity contribution < 1.29 is 9.47 Å². The summed E-state index contributed by atoms with van der Waals surface area (Å²) < 4.78 is 10.4. The minimum Gasteiger partial charge on any atom is -0.350 e. The number of nitriles is 1. The normalized spacial score (nSPS) is 22.4. The highest BCUT2D eigenvalue weighted by Gasteiger charge is 2.22.